The van der Waals surface area contributed by atoms with Crippen molar-refractivity contribution in [3.63, 3.8) is 0 Å². The number of methoxy groups -OCH3 is 1. The van der Waals surface area contributed by atoms with Crippen molar-refractivity contribution in [2.75, 3.05) is 7.11 Å². The Kier molecular flexibility index (Phi) is 6.60. The van der Waals surface area contributed by atoms with Gasteiger partial charge in [-0.2, -0.15) is 0 Å². The lowest BCUT2D eigenvalue weighted by atomic mass is 9.45. The molecule has 4 aliphatic carbocycles. The first-order valence-electron chi connectivity index (χ1n) is 15.4. The van der Waals surface area contributed by atoms with Crippen LogP contribution in [0, 0.1) is 33.5 Å². The summed E-state index contributed by atoms with van der Waals surface area (Å²) in [7, 11) is 1.43. The maximum Gasteiger partial charge on any atom is 0.312 e. The molecule has 7 nitrogen and oxygen atoms in total. The van der Waals surface area contributed by atoms with Crippen molar-refractivity contribution in [3.8, 4) is 0 Å². The van der Waals surface area contributed by atoms with E-state index in [9.17, 15) is 19.8 Å². The molecule has 1 aliphatic heterocycles. The molecule has 0 bridgehead atoms. The summed E-state index contributed by atoms with van der Waals surface area (Å²) in [5, 5.41) is 24.5. The molecule has 0 radical (unpaired) electrons. The van der Waals surface area contributed by atoms with Crippen molar-refractivity contribution in [1.29, 1.82) is 0 Å². The summed E-state index contributed by atoms with van der Waals surface area (Å²) in [6.07, 6.45) is 10.1. The second-order valence-corrected chi connectivity index (χ2v) is 16.0. The molecule has 0 unspecified atom stereocenters. The van der Waals surface area contributed by atoms with Gasteiger partial charge in [0.15, 0.2) is 0 Å². The van der Waals surface area contributed by atoms with Gasteiger partial charge in [0.25, 0.3) is 0 Å². The largest absolute Gasteiger partial charge is 0.469 e. The highest BCUT2D eigenvalue weighted by Crippen LogP contribution is 2.74. The van der Waals surface area contributed by atoms with E-state index >= 15 is 0 Å². The van der Waals surface area contributed by atoms with Gasteiger partial charge in [-0.25, -0.2) is 0 Å². The molecule has 0 aromatic rings. The van der Waals surface area contributed by atoms with E-state index < -0.39 is 28.1 Å². The third kappa shape index (κ3) is 3.85. The topological polar surface area (TPSA) is 106 Å². The third-order valence-electron chi connectivity index (χ3n) is 12.9. The van der Waals surface area contributed by atoms with Crippen molar-refractivity contribution in [3.05, 3.63) is 12.2 Å². The number of epoxide rings is 1. The normalized spacial score (nSPS) is 50.7. The molecule has 1 heterocycles. The molecular weight excluding hydrogens is 508 g/mol. The minimum absolute atomic E-state index is 0.0820. The molecule has 5 aliphatic rings. The number of rotatable bonds is 4. The van der Waals surface area contributed by atoms with Crippen LogP contribution in [0.25, 0.3) is 0 Å². The molecule has 0 amide bonds. The van der Waals surface area contributed by atoms with Crippen LogP contribution in [-0.4, -0.2) is 57.8 Å². The van der Waals surface area contributed by atoms with Gasteiger partial charge in [0.05, 0.1) is 23.7 Å². The Morgan fingerprint density at radius 3 is 2.12 bits per heavy atom. The van der Waals surface area contributed by atoms with Crippen molar-refractivity contribution >= 4 is 11.9 Å². The summed E-state index contributed by atoms with van der Waals surface area (Å²) in [6.45, 7) is 16.4. The zero-order valence-corrected chi connectivity index (χ0v) is 26.2. The lowest BCUT2D eigenvalue weighted by Gasteiger charge is -2.61. The number of fused-ring (bicyclic) bond motifs is 4. The van der Waals surface area contributed by atoms with Gasteiger partial charge in [0.1, 0.15) is 17.3 Å². The Balaban J connectivity index is 1.57. The molecule has 5 rings (SSSR count). The predicted octanol–water partition coefficient (Wildman–Crippen LogP) is 5.50. The molecule has 9 atom stereocenters. The number of carbonyl (C=O) groups is 2. The Morgan fingerprint density at radius 1 is 0.850 bits per heavy atom. The van der Waals surface area contributed by atoms with Gasteiger partial charge >= 0.3 is 11.9 Å². The Bertz CT molecular complexity index is 1100. The van der Waals surface area contributed by atoms with Crippen molar-refractivity contribution in [2.45, 2.75) is 142 Å². The van der Waals surface area contributed by atoms with Crippen LogP contribution in [0.5, 0.6) is 0 Å². The van der Waals surface area contributed by atoms with Crippen molar-refractivity contribution in [1.82, 2.24) is 0 Å². The number of carbonyl (C=O) groups excluding carboxylic acids is 2. The maximum absolute atomic E-state index is 13.4. The van der Waals surface area contributed by atoms with Crippen LogP contribution in [0.4, 0.5) is 0 Å². The minimum Gasteiger partial charge on any atom is -0.469 e. The van der Waals surface area contributed by atoms with E-state index in [-0.39, 0.29) is 45.8 Å². The van der Waals surface area contributed by atoms with E-state index in [2.05, 4.69) is 47.6 Å². The molecule has 40 heavy (non-hydrogen) atoms. The van der Waals surface area contributed by atoms with E-state index in [0.717, 1.165) is 32.1 Å². The summed E-state index contributed by atoms with van der Waals surface area (Å²) < 4.78 is 17.9. The highest BCUT2D eigenvalue weighted by atomic mass is 16.6. The first kappa shape index (κ1) is 30.0. The zero-order chi connectivity index (χ0) is 29.8. The monoisotopic (exact) mass is 560 g/mol. The van der Waals surface area contributed by atoms with Gasteiger partial charge in [-0.15, -0.1) is 0 Å². The molecule has 4 saturated carbocycles. The van der Waals surface area contributed by atoms with Crippen LogP contribution in [0.15, 0.2) is 12.2 Å². The number of esters is 2. The molecule has 0 aromatic heterocycles. The van der Waals surface area contributed by atoms with Gasteiger partial charge in [0.2, 0.25) is 0 Å². The van der Waals surface area contributed by atoms with Crippen LogP contribution in [0.3, 0.4) is 0 Å². The average Bonchev–Trinajstić information content (AvgIpc) is 3.49. The Labute approximate surface area is 240 Å². The minimum atomic E-state index is -1.63. The van der Waals surface area contributed by atoms with E-state index in [1.807, 2.05) is 6.08 Å². The standard InChI is InChI=1S/C33H52O7/c1-21(34)39-24-11-12-28(6)22(27(24,4)5)10-13-30(8)33(28,40-30)19-18-32(37)23-20-26(2,3)14-16-31(23,25(35)38-9)17-15-29(32,7)36/h18-19,22-24,36-37H,10-17,20H2,1-9H3/b19-18-/t22-,23+,24-,28-,29-,30+,31-,32-,33-/m0/s1. The highest BCUT2D eigenvalue weighted by Gasteiger charge is 2.79. The molecule has 0 aromatic carbocycles. The quantitative estimate of drug-likeness (QED) is 0.266. The smallest absolute Gasteiger partial charge is 0.312 e. The molecule has 7 heteroatoms. The third-order valence-corrected chi connectivity index (χ3v) is 12.9. The van der Waals surface area contributed by atoms with Gasteiger partial charge in [0, 0.05) is 23.7 Å². The van der Waals surface area contributed by atoms with E-state index in [4.69, 9.17) is 14.2 Å². The molecule has 5 fully saturated rings. The first-order valence-corrected chi connectivity index (χ1v) is 15.4. The van der Waals surface area contributed by atoms with Crippen LogP contribution in [0.2, 0.25) is 0 Å². The SMILES string of the molecule is COC(=O)[C@]12CCC(C)(C)C[C@H]1[C@@](O)(/C=C\[C@@]13O[C@]1(C)CC[C@H]1C(C)(C)[C@@H](OC(C)=O)CC[C@@]13C)[C@@](C)(O)CC2. The summed E-state index contributed by atoms with van der Waals surface area (Å²) >= 11 is 0. The number of hydrogen-bond donors (Lipinski definition) is 2. The molecular formula is C33H52O7. The number of ether oxygens (including phenoxy) is 3. The summed E-state index contributed by atoms with van der Waals surface area (Å²) in [5.74, 6) is -0.773. The fourth-order valence-electron chi connectivity index (χ4n) is 10.3. The summed E-state index contributed by atoms with van der Waals surface area (Å²) in [5.41, 5.74) is -5.45. The average molecular weight is 561 g/mol. The van der Waals surface area contributed by atoms with Crippen molar-refractivity contribution in [2.24, 2.45) is 33.5 Å². The summed E-state index contributed by atoms with van der Waals surface area (Å²) in [6, 6.07) is 0. The lowest BCUT2D eigenvalue weighted by molar-refractivity contribution is -0.231. The first-order chi connectivity index (χ1) is 18.3. The fraction of sp³-hybridized carbons (Fsp3) is 0.879. The van der Waals surface area contributed by atoms with Gasteiger partial charge in [-0.1, -0.05) is 46.8 Å². The van der Waals surface area contributed by atoms with Crippen molar-refractivity contribution < 1.29 is 34.0 Å². The fourth-order valence-corrected chi connectivity index (χ4v) is 10.3. The summed E-state index contributed by atoms with van der Waals surface area (Å²) in [4.78, 5) is 25.3. The van der Waals surface area contributed by atoms with Crippen LogP contribution in [-0.2, 0) is 23.8 Å². The Hall–Kier alpha value is -1.44. The second kappa shape index (κ2) is 8.79. The second-order valence-electron chi connectivity index (χ2n) is 16.0. The van der Waals surface area contributed by atoms with E-state index in [1.165, 1.54) is 14.0 Å². The van der Waals surface area contributed by atoms with Gasteiger partial charge in [-0.3, -0.25) is 9.59 Å². The maximum atomic E-state index is 13.4. The zero-order valence-electron chi connectivity index (χ0n) is 26.2. The molecule has 2 N–H and O–H groups in total. The number of hydrogen-bond acceptors (Lipinski definition) is 7. The lowest BCUT2D eigenvalue weighted by Crippen LogP contribution is -2.68. The molecule has 0 spiro atoms. The van der Waals surface area contributed by atoms with Gasteiger partial charge in [-0.05, 0) is 83.0 Å². The van der Waals surface area contributed by atoms with Crippen LogP contribution >= 0.6 is 0 Å². The van der Waals surface area contributed by atoms with Crippen LogP contribution in [0.1, 0.15) is 113 Å². The number of aliphatic hydroxyl groups is 2. The highest BCUT2D eigenvalue weighted by molar-refractivity contribution is 5.78. The van der Waals surface area contributed by atoms with Crippen LogP contribution < -0.4 is 0 Å². The van der Waals surface area contributed by atoms with E-state index in [0.29, 0.717) is 25.7 Å². The molecule has 226 valence electrons. The Morgan fingerprint density at radius 2 is 1.50 bits per heavy atom. The predicted molar refractivity (Wildman–Crippen MR) is 151 cm³/mol. The molecule has 1 saturated heterocycles. The van der Waals surface area contributed by atoms with Gasteiger partial charge < -0.3 is 24.4 Å². The van der Waals surface area contributed by atoms with E-state index in [1.54, 1.807) is 6.92 Å².